The van der Waals surface area contributed by atoms with Crippen LogP contribution in [0.15, 0.2) is 24.3 Å². The number of fused-ring (bicyclic) bond motifs is 1. The molecule has 0 radical (unpaired) electrons. The molecule has 1 N–H and O–H groups in total. The Morgan fingerprint density at radius 2 is 1.88 bits per heavy atom. The van der Waals surface area contributed by atoms with Crippen molar-refractivity contribution in [2.45, 2.75) is 39.2 Å². The highest BCUT2D eigenvalue weighted by Gasteiger charge is 2.22. The van der Waals surface area contributed by atoms with Crippen molar-refractivity contribution >= 4 is 5.69 Å². The third-order valence-electron chi connectivity index (χ3n) is 3.54. The molecule has 2 rings (SSSR count). The maximum atomic E-state index is 3.57. The lowest BCUT2D eigenvalue weighted by atomic mass is 9.98. The zero-order valence-electron chi connectivity index (χ0n) is 11.1. The molecule has 1 atom stereocenters. The first kappa shape index (κ1) is 12.4. The van der Waals surface area contributed by atoms with E-state index in [-0.39, 0.29) is 0 Å². The van der Waals surface area contributed by atoms with Gasteiger partial charge in [0.1, 0.15) is 0 Å². The van der Waals surface area contributed by atoms with Crippen LogP contribution in [0.5, 0.6) is 0 Å². The number of benzene rings is 1. The van der Waals surface area contributed by atoms with Crippen molar-refractivity contribution in [3.8, 4) is 0 Å². The fourth-order valence-electron chi connectivity index (χ4n) is 2.73. The van der Waals surface area contributed by atoms with Gasteiger partial charge in [-0.05, 0) is 44.0 Å². The minimum absolute atomic E-state index is 0.671. The molecule has 0 aliphatic carbocycles. The number of hydrogen-bond donors (Lipinski definition) is 1. The average Bonchev–Trinajstić information content (AvgIpc) is 2.38. The second-order valence-corrected chi connectivity index (χ2v) is 4.93. The van der Waals surface area contributed by atoms with Gasteiger partial charge in [-0.2, -0.15) is 0 Å². The maximum absolute atomic E-state index is 3.57. The Morgan fingerprint density at radius 1 is 1.18 bits per heavy atom. The van der Waals surface area contributed by atoms with Crippen LogP contribution in [0.3, 0.4) is 0 Å². The molecule has 0 saturated heterocycles. The molecule has 0 amide bonds. The molecule has 0 spiro atoms. The lowest BCUT2D eigenvalue weighted by Crippen LogP contribution is -2.44. The molecule has 17 heavy (non-hydrogen) atoms. The standard InChI is InChI=1S/C15H24N2/c1-3-9-17(10-4-2)14-11-13-7-5-6-8-15(13)16-12-14/h5-8,14,16H,3-4,9-12H2,1-2H3. The van der Waals surface area contributed by atoms with Crippen LogP contribution >= 0.6 is 0 Å². The Bertz CT molecular complexity index is 343. The monoisotopic (exact) mass is 232 g/mol. The summed E-state index contributed by atoms with van der Waals surface area (Å²) < 4.78 is 0. The quantitative estimate of drug-likeness (QED) is 0.839. The Balaban J connectivity index is 2.04. The third-order valence-corrected chi connectivity index (χ3v) is 3.54. The van der Waals surface area contributed by atoms with Gasteiger partial charge in [-0.1, -0.05) is 32.0 Å². The highest BCUT2D eigenvalue weighted by atomic mass is 15.2. The second-order valence-electron chi connectivity index (χ2n) is 4.93. The van der Waals surface area contributed by atoms with Gasteiger partial charge in [-0.15, -0.1) is 0 Å². The normalized spacial score (nSPS) is 18.9. The molecule has 0 saturated carbocycles. The smallest absolute Gasteiger partial charge is 0.0373 e. The number of nitrogens with one attached hydrogen (secondary N) is 1. The van der Waals surface area contributed by atoms with Crippen molar-refractivity contribution in [1.82, 2.24) is 4.90 Å². The molecule has 0 aromatic heterocycles. The van der Waals surface area contributed by atoms with Gasteiger partial charge in [0.25, 0.3) is 0 Å². The molecule has 0 fully saturated rings. The van der Waals surface area contributed by atoms with E-state index in [4.69, 9.17) is 0 Å². The summed E-state index contributed by atoms with van der Waals surface area (Å²) in [5.74, 6) is 0. The SMILES string of the molecule is CCCN(CCC)C1CNc2ccccc2C1. The Kier molecular flexibility index (Phi) is 4.43. The van der Waals surface area contributed by atoms with Gasteiger partial charge in [-0.25, -0.2) is 0 Å². The van der Waals surface area contributed by atoms with Crippen molar-refractivity contribution < 1.29 is 0 Å². The van der Waals surface area contributed by atoms with E-state index in [0.29, 0.717) is 6.04 Å². The summed E-state index contributed by atoms with van der Waals surface area (Å²) in [7, 11) is 0. The van der Waals surface area contributed by atoms with Crippen LogP contribution in [0, 0.1) is 0 Å². The summed E-state index contributed by atoms with van der Waals surface area (Å²) in [6, 6.07) is 9.37. The summed E-state index contributed by atoms with van der Waals surface area (Å²) in [6.45, 7) is 8.08. The Morgan fingerprint density at radius 3 is 2.59 bits per heavy atom. The number of para-hydroxylation sites is 1. The summed E-state index contributed by atoms with van der Waals surface area (Å²) >= 11 is 0. The van der Waals surface area contributed by atoms with E-state index in [1.54, 1.807) is 0 Å². The van der Waals surface area contributed by atoms with Crippen molar-refractivity contribution in [3.05, 3.63) is 29.8 Å². The third kappa shape index (κ3) is 3.01. The highest BCUT2D eigenvalue weighted by Crippen LogP contribution is 2.23. The van der Waals surface area contributed by atoms with Crippen LogP contribution in [0.2, 0.25) is 0 Å². The molecule has 94 valence electrons. The topological polar surface area (TPSA) is 15.3 Å². The molecule has 2 heteroatoms. The van der Waals surface area contributed by atoms with Gasteiger partial charge in [-0.3, -0.25) is 4.90 Å². The lowest BCUT2D eigenvalue weighted by molar-refractivity contribution is 0.200. The molecule has 1 aliphatic heterocycles. The van der Waals surface area contributed by atoms with Crippen molar-refractivity contribution in [2.75, 3.05) is 25.0 Å². The Hall–Kier alpha value is -1.02. The zero-order chi connectivity index (χ0) is 12.1. The first-order valence-electron chi connectivity index (χ1n) is 6.91. The predicted octanol–water partition coefficient (Wildman–Crippen LogP) is 3.15. The van der Waals surface area contributed by atoms with E-state index in [9.17, 15) is 0 Å². The first-order chi connectivity index (χ1) is 8.35. The number of nitrogens with zero attached hydrogens (tertiary/aromatic N) is 1. The number of hydrogen-bond acceptors (Lipinski definition) is 2. The molecule has 1 aromatic carbocycles. The van der Waals surface area contributed by atoms with Gasteiger partial charge < -0.3 is 5.32 Å². The predicted molar refractivity (Wildman–Crippen MR) is 74.6 cm³/mol. The molecule has 0 bridgehead atoms. The van der Waals surface area contributed by atoms with Crippen molar-refractivity contribution in [2.24, 2.45) is 0 Å². The largest absolute Gasteiger partial charge is 0.383 e. The summed E-state index contributed by atoms with van der Waals surface area (Å²) in [5.41, 5.74) is 2.80. The molecular weight excluding hydrogens is 208 g/mol. The lowest BCUT2D eigenvalue weighted by Gasteiger charge is -2.35. The summed E-state index contributed by atoms with van der Waals surface area (Å²) in [6.07, 6.45) is 3.69. The van der Waals surface area contributed by atoms with Crippen LogP contribution in [0.1, 0.15) is 32.3 Å². The molecule has 1 heterocycles. The van der Waals surface area contributed by atoms with Gasteiger partial charge >= 0.3 is 0 Å². The van der Waals surface area contributed by atoms with E-state index in [1.807, 2.05) is 0 Å². The van der Waals surface area contributed by atoms with Crippen molar-refractivity contribution in [1.29, 1.82) is 0 Å². The minimum atomic E-state index is 0.671. The second kappa shape index (κ2) is 6.06. The summed E-state index contributed by atoms with van der Waals surface area (Å²) in [5, 5.41) is 3.57. The Labute approximate surface area is 105 Å². The van der Waals surface area contributed by atoms with Crippen LogP contribution in [0.4, 0.5) is 5.69 Å². The summed E-state index contributed by atoms with van der Waals surface area (Å²) in [4.78, 5) is 2.64. The van der Waals surface area contributed by atoms with E-state index >= 15 is 0 Å². The maximum Gasteiger partial charge on any atom is 0.0373 e. The van der Waals surface area contributed by atoms with Gasteiger partial charge in [0.05, 0.1) is 0 Å². The van der Waals surface area contributed by atoms with E-state index in [2.05, 4.69) is 48.3 Å². The number of anilines is 1. The van der Waals surface area contributed by atoms with Crippen LogP contribution in [0.25, 0.3) is 0 Å². The van der Waals surface area contributed by atoms with Gasteiger partial charge in [0.15, 0.2) is 0 Å². The van der Waals surface area contributed by atoms with Gasteiger partial charge in [0, 0.05) is 18.3 Å². The van der Waals surface area contributed by atoms with Crippen LogP contribution in [-0.2, 0) is 6.42 Å². The van der Waals surface area contributed by atoms with Crippen LogP contribution < -0.4 is 5.32 Å². The molecule has 2 nitrogen and oxygen atoms in total. The molecular formula is C15H24N2. The number of rotatable bonds is 5. The minimum Gasteiger partial charge on any atom is -0.383 e. The van der Waals surface area contributed by atoms with E-state index < -0.39 is 0 Å². The van der Waals surface area contributed by atoms with Crippen molar-refractivity contribution in [3.63, 3.8) is 0 Å². The van der Waals surface area contributed by atoms with E-state index in [1.165, 1.54) is 43.6 Å². The van der Waals surface area contributed by atoms with Gasteiger partial charge in [0.2, 0.25) is 0 Å². The highest BCUT2D eigenvalue weighted by molar-refractivity contribution is 5.53. The zero-order valence-corrected chi connectivity index (χ0v) is 11.1. The van der Waals surface area contributed by atoms with Crippen LogP contribution in [-0.4, -0.2) is 30.6 Å². The first-order valence-corrected chi connectivity index (χ1v) is 6.91. The fraction of sp³-hybridized carbons (Fsp3) is 0.600. The average molecular weight is 232 g/mol. The fourth-order valence-corrected chi connectivity index (χ4v) is 2.73. The molecule has 1 unspecified atom stereocenters. The van der Waals surface area contributed by atoms with E-state index in [0.717, 1.165) is 6.54 Å². The molecule has 1 aromatic rings. The molecule has 1 aliphatic rings.